The van der Waals surface area contributed by atoms with Crippen molar-refractivity contribution in [1.29, 1.82) is 0 Å². The Balaban J connectivity index is 3.35. The van der Waals surface area contributed by atoms with Crippen molar-refractivity contribution in [2.45, 2.75) is 5.37 Å². The maximum atomic E-state index is 4.12. The summed E-state index contributed by atoms with van der Waals surface area (Å²) in [6, 6.07) is 0. The van der Waals surface area contributed by atoms with E-state index < -0.39 is 0 Å². The van der Waals surface area contributed by atoms with Gasteiger partial charge in [-0.15, -0.1) is 0 Å². The third-order valence-corrected chi connectivity index (χ3v) is 1.16. The van der Waals surface area contributed by atoms with Gasteiger partial charge in [-0.2, -0.15) is 12.6 Å². The third kappa shape index (κ3) is 3.96. The first kappa shape index (κ1) is 7.79. The van der Waals surface area contributed by atoms with E-state index in [-0.39, 0.29) is 5.37 Å². The van der Waals surface area contributed by atoms with E-state index in [1.807, 2.05) is 19.2 Å². The molecule has 0 saturated carbocycles. The molecule has 1 N–H and O–H groups in total. The molecule has 8 heavy (non-hydrogen) atoms. The Hall–Kier alpha value is -0.210. The molecule has 0 aromatic rings. The first-order valence-electron chi connectivity index (χ1n) is 2.46. The highest BCUT2D eigenvalue weighted by molar-refractivity contribution is 7.81. The molecule has 0 spiro atoms. The number of hydrogen-bond acceptors (Lipinski definition) is 2. The molecular weight excluding hydrogens is 118 g/mol. The summed E-state index contributed by atoms with van der Waals surface area (Å²) in [4.78, 5) is 0. The first-order valence-corrected chi connectivity index (χ1v) is 2.97. The molecule has 0 aromatic carbocycles. The Morgan fingerprint density at radius 1 is 1.75 bits per heavy atom. The summed E-state index contributed by atoms with van der Waals surface area (Å²) in [6.07, 6.45) is 5.49. The molecule has 0 aliphatic rings. The predicted molar refractivity (Wildman–Crippen MR) is 41.2 cm³/mol. The molecule has 0 heterocycles. The monoisotopic (exact) mass is 129 g/mol. The van der Waals surface area contributed by atoms with E-state index in [1.54, 1.807) is 6.08 Å². The lowest BCUT2D eigenvalue weighted by Crippen LogP contribution is -2.14. The second-order valence-electron chi connectivity index (χ2n) is 1.35. The van der Waals surface area contributed by atoms with Crippen LogP contribution in [-0.4, -0.2) is 12.4 Å². The van der Waals surface area contributed by atoms with Crippen molar-refractivity contribution < 1.29 is 0 Å². The second kappa shape index (κ2) is 4.94. The minimum absolute atomic E-state index is 0.146. The molecule has 0 amide bonds. The fraction of sp³-hybridized carbons (Fsp3) is 0.333. The first-order chi connectivity index (χ1) is 3.81. The van der Waals surface area contributed by atoms with Gasteiger partial charge in [-0.05, 0) is 7.05 Å². The molecule has 0 radical (unpaired) electrons. The molecule has 0 rings (SSSR count). The highest BCUT2D eigenvalue weighted by Crippen LogP contribution is 1.89. The maximum absolute atomic E-state index is 4.12. The van der Waals surface area contributed by atoms with Crippen LogP contribution in [0.4, 0.5) is 0 Å². The van der Waals surface area contributed by atoms with Crippen molar-refractivity contribution in [3.05, 3.63) is 24.8 Å². The molecule has 0 fully saturated rings. The molecule has 0 bridgehead atoms. The number of likely N-dealkylation sites (N-methyl/N-ethyl adjacent to an activating group) is 1. The zero-order valence-electron chi connectivity index (χ0n) is 4.96. The fourth-order valence-electron chi connectivity index (χ4n) is 0.280. The van der Waals surface area contributed by atoms with Gasteiger partial charge in [-0.3, -0.25) is 0 Å². The van der Waals surface area contributed by atoms with E-state index in [1.165, 1.54) is 0 Å². The smallest absolute Gasteiger partial charge is 0.0690 e. The van der Waals surface area contributed by atoms with Gasteiger partial charge in [0.1, 0.15) is 0 Å². The van der Waals surface area contributed by atoms with Gasteiger partial charge in [0.05, 0.1) is 5.37 Å². The molecule has 46 valence electrons. The molecule has 0 aromatic heterocycles. The largest absolute Gasteiger partial charge is 0.305 e. The van der Waals surface area contributed by atoms with Gasteiger partial charge in [-0.25, -0.2) is 0 Å². The van der Waals surface area contributed by atoms with E-state index in [9.17, 15) is 0 Å². The van der Waals surface area contributed by atoms with E-state index in [2.05, 4.69) is 24.5 Å². The minimum atomic E-state index is 0.146. The van der Waals surface area contributed by atoms with Crippen LogP contribution in [0.1, 0.15) is 0 Å². The van der Waals surface area contributed by atoms with Gasteiger partial charge in [0.2, 0.25) is 0 Å². The van der Waals surface area contributed by atoms with Crippen molar-refractivity contribution in [1.82, 2.24) is 5.32 Å². The van der Waals surface area contributed by atoms with E-state index in [0.29, 0.717) is 0 Å². The number of rotatable bonds is 3. The molecule has 1 unspecified atom stereocenters. The third-order valence-electron chi connectivity index (χ3n) is 0.725. The summed E-state index contributed by atoms with van der Waals surface area (Å²) in [5.74, 6) is 0. The van der Waals surface area contributed by atoms with Gasteiger partial charge in [0, 0.05) is 0 Å². The van der Waals surface area contributed by atoms with Crippen LogP contribution in [0.2, 0.25) is 0 Å². The van der Waals surface area contributed by atoms with Gasteiger partial charge in [0.25, 0.3) is 0 Å². The fourth-order valence-corrected chi connectivity index (χ4v) is 0.379. The Morgan fingerprint density at radius 3 is 2.75 bits per heavy atom. The molecule has 2 heteroatoms. The van der Waals surface area contributed by atoms with Gasteiger partial charge in [0.15, 0.2) is 0 Å². The zero-order chi connectivity index (χ0) is 6.41. The van der Waals surface area contributed by atoms with E-state index >= 15 is 0 Å². The molecule has 1 nitrogen and oxygen atoms in total. The quantitative estimate of drug-likeness (QED) is 0.331. The normalized spacial score (nSPS) is 14.2. The SMILES string of the molecule is C=C/C=C\C(S)NC. The molecule has 0 saturated heterocycles. The topological polar surface area (TPSA) is 12.0 Å². The average Bonchev–Trinajstić information content (AvgIpc) is 1.83. The lowest BCUT2D eigenvalue weighted by atomic mass is 10.5. The van der Waals surface area contributed by atoms with Crippen LogP contribution >= 0.6 is 12.6 Å². The van der Waals surface area contributed by atoms with Crippen molar-refractivity contribution in [3.63, 3.8) is 0 Å². The van der Waals surface area contributed by atoms with Crippen molar-refractivity contribution in [2.24, 2.45) is 0 Å². The van der Waals surface area contributed by atoms with Crippen LogP contribution < -0.4 is 5.32 Å². The van der Waals surface area contributed by atoms with E-state index in [4.69, 9.17) is 0 Å². The van der Waals surface area contributed by atoms with Gasteiger partial charge < -0.3 is 5.32 Å². The molecule has 0 aliphatic carbocycles. The van der Waals surface area contributed by atoms with Gasteiger partial charge in [-0.1, -0.05) is 24.8 Å². The Kier molecular flexibility index (Phi) is 4.81. The zero-order valence-corrected chi connectivity index (χ0v) is 5.86. The second-order valence-corrected chi connectivity index (χ2v) is 1.91. The van der Waals surface area contributed by atoms with Crippen molar-refractivity contribution in [2.75, 3.05) is 7.05 Å². The van der Waals surface area contributed by atoms with Crippen LogP contribution in [0.3, 0.4) is 0 Å². The average molecular weight is 129 g/mol. The van der Waals surface area contributed by atoms with Gasteiger partial charge >= 0.3 is 0 Å². The van der Waals surface area contributed by atoms with Crippen LogP contribution in [0.5, 0.6) is 0 Å². The predicted octanol–water partition coefficient (Wildman–Crippen LogP) is 1.20. The maximum Gasteiger partial charge on any atom is 0.0690 e. The molecular formula is C6H11NS. The highest BCUT2D eigenvalue weighted by Gasteiger charge is 1.85. The highest BCUT2D eigenvalue weighted by atomic mass is 32.1. The number of hydrogen-bond donors (Lipinski definition) is 2. The lowest BCUT2D eigenvalue weighted by molar-refractivity contribution is 0.872. The van der Waals surface area contributed by atoms with Crippen LogP contribution in [0.25, 0.3) is 0 Å². The minimum Gasteiger partial charge on any atom is -0.305 e. The standard InChI is InChI=1S/C6H11NS/c1-3-4-5-6(8)7-2/h3-8H,1H2,2H3/b5-4-. The van der Waals surface area contributed by atoms with Crippen molar-refractivity contribution >= 4 is 12.6 Å². The van der Waals surface area contributed by atoms with Crippen molar-refractivity contribution in [3.8, 4) is 0 Å². The number of nitrogens with one attached hydrogen (secondary N) is 1. The van der Waals surface area contributed by atoms with Crippen LogP contribution in [0, 0.1) is 0 Å². The summed E-state index contributed by atoms with van der Waals surface area (Å²) in [5.41, 5.74) is 0. The Labute approximate surface area is 55.9 Å². The molecule has 0 aliphatic heterocycles. The summed E-state index contributed by atoms with van der Waals surface area (Å²) in [6.45, 7) is 3.52. The molecule has 1 atom stereocenters. The summed E-state index contributed by atoms with van der Waals surface area (Å²) >= 11 is 4.12. The van der Waals surface area contributed by atoms with E-state index in [0.717, 1.165) is 0 Å². The summed E-state index contributed by atoms with van der Waals surface area (Å²) in [5, 5.41) is 3.08. The Morgan fingerprint density at radius 2 is 2.38 bits per heavy atom. The summed E-state index contributed by atoms with van der Waals surface area (Å²) < 4.78 is 0. The Bertz CT molecular complexity index is 88.5. The van der Waals surface area contributed by atoms with Crippen LogP contribution in [-0.2, 0) is 0 Å². The lowest BCUT2D eigenvalue weighted by Gasteiger charge is -1.98. The number of thiol groups is 1. The summed E-state index contributed by atoms with van der Waals surface area (Å²) in [7, 11) is 1.85. The van der Waals surface area contributed by atoms with Crippen LogP contribution in [0.15, 0.2) is 24.8 Å². The number of allylic oxidation sites excluding steroid dienone is 2.